The molecule has 0 aliphatic rings. The summed E-state index contributed by atoms with van der Waals surface area (Å²) in [6.07, 6.45) is 1.74. The number of benzene rings is 1. The van der Waals surface area contributed by atoms with Gasteiger partial charge in [0.15, 0.2) is 0 Å². The van der Waals surface area contributed by atoms with E-state index in [1.54, 1.807) is 12.1 Å². The first-order valence-electron chi connectivity index (χ1n) is 5.81. The van der Waals surface area contributed by atoms with Gasteiger partial charge in [-0.2, -0.15) is 0 Å². The SMILES string of the molecule is CCC(N)(CC)COCc1ccc(F)c(Cl)c1. The molecule has 0 atom stereocenters. The van der Waals surface area contributed by atoms with Crippen LogP contribution < -0.4 is 5.73 Å². The highest BCUT2D eigenvalue weighted by molar-refractivity contribution is 6.30. The molecule has 17 heavy (non-hydrogen) atoms. The minimum Gasteiger partial charge on any atom is -0.375 e. The molecule has 0 fully saturated rings. The molecule has 0 bridgehead atoms. The summed E-state index contributed by atoms with van der Waals surface area (Å²) in [5.41, 5.74) is 6.68. The van der Waals surface area contributed by atoms with Crippen LogP contribution in [0.2, 0.25) is 5.02 Å². The lowest BCUT2D eigenvalue weighted by Gasteiger charge is -2.26. The number of hydrogen-bond acceptors (Lipinski definition) is 2. The van der Waals surface area contributed by atoms with Crippen molar-refractivity contribution in [1.29, 1.82) is 0 Å². The Morgan fingerprint density at radius 1 is 1.35 bits per heavy atom. The smallest absolute Gasteiger partial charge is 0.141 e. The van der Waals surface area contributed by atoms with Crippen LogP contribution in [0.4, 0.5) is 4.39 Å². The average Bonchev–Trinajstić information content (AvgIpc) is 2.33. The van der Waals surface area contributed by atoms with Gasteiger partial charge in [0, 0.05) is 5.54 Å². The van der Waals surface area contributed by atoms with E-state index in [0.717, 1.165) is 18.4 Å². The van der Waals surface area contributed by atoms with Crippen molar-refractivity contribution in [3.63, 3.8) is 0 Å². The Labute approximate surface area is 107 Å². The van der Waals surface area contributed by atoms with Crippen LogP contribution in [0.15, 0.2) is 18.2 Å². The zero-order chi connectivity index (χ0) is 12.9. The molecular weight excluding hydrogens is 241 g/mol. The molecule has 1 aromatic carbocycles. The zero-order valence-electron chi connectivity index (χ0n) is 10.3. The summed E-state index contributed by atoms with van der Waals surface area (Å²) in [5.74, 6) is -0.411. The lowest BCUT2D eigenvalue weighted by Crippen LogP contribution is -2.43. The Balaban J connectivity index is 2.48. The lowest BCUT2D eigenvalue weighted by atomic mass is 9.96. The van der Waals surface area contributed by atoms with Crippen molar-refractivity contribution in [2.24, 2.45) is 5.73 Å². The van der Waals surface area contributed by atoms with Gasteiger partial charge >= 0.3 is 0 Å². The molecule has 0 amide bonds. The summed E-state index contributed by atoms with van der Waals surface area (Å²) in [7, 11) is 0. The average molecular weight is 260 g/mol. The Morgan fingerprint density at radius 3 is 2.53 bits per heavy atom. The van der Waals surface area contributed by atoms with E-state index in [4.69, 9.17) is 22.1 Å². The van der Waals surface area contributed by atoms with E-state index in [9.17, 15) is 4.39 Å². The second-order valence-electron chi connectivity index (χ2n) is 4.31. The molecule has 0 saturated carbocycles. The van der Waals surface area contributed by atoms with Crippen molar-refractivity contribution >= 4 is 11.6 Å². The van der Waals surface area contributed by atoms with Crippen molar-refractivity contribution in [3.8, 4) is 0 Å². The molecule has 0 radical (unpaired) electrons. The summed E-state index contributed by atoms with van der Waals surface area (Å²) < 4.78 is 18.5. The van der Waals surface area contributed by atoms with Gasteiger partial charge in [-0.15, -0.1) is 0 Å². The highest BCUT2D eigenvalue weighted by atomic mass is 35.5. The van der Waals surface area contributed by atoms with Crippen molar-refractivity contribution in [2.45, 2.75) is 38.8 Å². The van der Waals surface area contributed by atoms with Crippen molar-refractivity contribution < 1.29 is 9.13 Å². The number of rotatable bonds is 6. The molecule has 2 N–H and O–H groups in total. The zero-order valence-corrected chi connectivity index (χ0v) is 11.1. The fraction of sp³-hybridized carbons (Fsp3) is 0.538. The highest BCUT2D eigenvalue weighted by Crippen LogP contribution is 2.17. The molecule has 0 heterocycles. The van der Waals surface area contributed by atoms with E-state index >= 15 is 0 Å². The van der Waals surface area contributed by atoms with Crippen LogP contribution in [0.3, 0.4) is 0 Å². The third-order valence-corrected chi connectivity index (χ3v) is 3.34. The number of nitrogens with two attached hydrogens (primary N) is 1. The minimum absolute atomic E-state index is 0.121. The molecule has 0 aromatic heterocycles. The van der Waals surface area contributed by atoms with Crippen LogP contribution in [0.1, 0.15) is 32.3 Å². The van der Waals surface area contributed by atoms with Crippen LogP contribution >= 0.6 is 11.6 Å². The largest absolute Gasteiger partial charge is 0.375 e. The second-order valence-corrected chi connectivity index (χ2v) is 4.72. The summed E-state index contributed by atoms with van der Waals surface area (Å²) in [5, 5.41) is 0.121. The van der Waals surface area contributed by atoms with E-state index in [1.807, 2.05) is 13.8 Å². The Morgan fingerprint density at radius 2 is 2.00 bits per heavy atom. The van der Waals surface area contributed by atoms with Gasteiger partial charge in [0.05, 0.1) is 18.2 Å². The second kappa shape index (κ2) is 6.34. The first-order chi connectivity index (χ1) is 8.00. The third kappa shape index (κ3) is 4.26. The van der Waals surface area contributed by atoms with E-state index in [0.29, 0.717) is 13.2 Å². The van der Waals surface area contributed by atoms with Crippen molar-refractivity contribution in [2.75, 3.05) is 6.61 Å². The van der Waals surface area contributed by atoms with Crippen LogP contribution in [-0.4, -0.2) is 12.1 Å². The number of ether oxygens (including phenoxy) is 1. The van der Waals surface area contributed by atoms with Gasteiger partial charge in [-0.3, -0.25) is 0 Å². The molecule has 0 aliphatic carbocycles. The topological polar surface area (TPSA) is 35.2 Å². The summed E-state index contributed by atoms with van der Waals surface area (Å²) in [6, 6.07) is 4.58. The maximum absolute atomic E-state index is 12.9. The number of hydrogen-bond donors (Lipinski definition) is 1. The normalized spacial score (nSPS) is 11.8. The Hall–Kier alpha value is -0.640. The summed E-state index contributed by atoms with van der Waals surface area (Å²) in [4.78, 5) is 0. The minimum atomic E-state index is -0.411. The molecule has 0 spiro atoms. The maximum atomic E-state index is 12.9. The van der Waals surface area contributed by atoms with E-state index < -0.39 is 5.82 Å². The first-order valence-corrected chi connectivity index (χ1v) is 6.19. The maximum Gasteiger partial charge on any atom is 0.141 e. The van der Waals surface area contributed by atoms with Crippen LogP contribution in [-0.2, 0) is 11.3 Å². The van der Waals surface area contributed by atoms with E-state index in [2.05, 4.69) is 0 Å². The standard InChI is InChI=1S/C13H19ClFNO/c1-3-13(16,4-2)9-17-8-10-5-6-12(15)11(14)7-10/h5-7H,3-4,8-9,16H2,1-2H3. The molecule has 96 valence electrons. The quantitative estimate of drug-likeness (QED) is 0.849. The van der Waals surface area contributed by atoms with Gasteiger partial charge in [0.25, 0.3) is 0 Å². The molecular formula is C13H19ClFNO. The highest BCUT2D eigenvalue weighted by Gasteiger charge is 2.20. The van der Waals surface area contributed by atoms with Gasteiger partial charge < -0.3 is 10.5 Å². The molecule has 0 unspecified atom stereocenters. The van der Waals surface area contributed by atoms with E-state index in [1.165, 1.54) is 6.07 Å². The monoisotopic (exact) mass is 259 g/mol. The van der Waals surface area contributed by atoms with Gasteiger partial charge in [-0.25, -0.2) is 4.39 Å². The van der Waals surface area contributed by atoms with E-state index in [-0.39, 0.29) is 10.6 Å². The molecule has 0 saturated heterocycles. The van der Waals surface area contributed by atoms with Crippen molar-refractivity contribution in [3.05, 3.63) is 34.6 Å². The lowest BCUT2D eigenvalue weighted by molar-refractivity contribution is 0.0696. The predicted octanol–water partition coefficient (Wildman–Crippen LogP) is 3.51. The summed E-state index contributed by atoms with van der Waals surface area (Å²) in [6.45, 7) is 4.98. The molecule has 0 aliphatic heterocycles. The van der Waals surface area contributed by atoms with Crippen LogP contribution in [0.25, 0.3) is 0 Å². The van der Waals surface area contributed by atoms with Crippen molar-refractivity contribution in [1.82, 2.24) is 0 Å². The van der Waals surface area contributed by atoms with Crippen LogP contribution in [0.5, 0.6) is 0 Å². The molecule has 1 rings (SSSR count). The predicted molar refractivity (Wildman–Crippen MR) is 68.6 cm³/mol. The van der Waals surface area contributed by atoms with Gasteiger partial charge in [-0.05, 0) is 30.5 Å². The van der Waals surface area contributed by atoms with Gasteiger partial charge in [-0.1, -0.05) is 31.5 Å². The van der Waals surface area contributed by atoms with Gasteiger partial charge in [0.1, 0.15) is 5.82 Å². The Bertz CT molecular complexity index is 366. The molecule has 2 nitrogen and oxygen atoms in total. The summed E-state index contributed by atoms with van der Waals surface area (Å²) >= 11 is 5.68. The number of halogens is 2. The Kier molecular flexibility index (Phi) is 5.37. The fourth-order valence-corrected chi connectivity index (χ4v) is 1.66. The van der Waals surface area contributed by atoms with Gasteiger partial charge in [0.2, 0.25) is 0 Å². The third-order valence-electron chi connectivity index (χ3n) is 3.05. The molecule has 4 heteroatoms. The van der Waals surface area contributed by atoms with Crippen LogP contribution in [0, 0.1) is 5.82 Å². The fourth-order valence-electron chi connectivity index (χ4n) is 1.46. The molecule has 1 aromatic rings. The first kappa shape index (κ1) is 14.4.